The van der Waals surface area contributed by atoms with Crippen LogP contribution in [0.4, 0.5) is 8.78 Å². The molecule has 3 nitrogen and oxygen atoms in total. The highest BCUT2D eigenvalue weighted by atomic mass is 32.2. The fraction of sp³-hybridized carbons (Fsp3) is 0.538. The Morgan fingerprint density at radius 2 is 1.74 bits per heavy atom. The molecule has 1 aromatic carbocycles. The normalized spacial score (nSPS) is 14.4. The molecule has 0 spiro atoms. The highest BCUT2D eigenvalue weighted by Gasteiger charge is 2.38. The molecule has 0 saturated carbocycles. The highest BCUT2D eigenvalue weighted by molar-refractivity contribution is 7.92. The average molecular weight is 291 g/mol. The third-order valence-corrected chi connectivity index (χ3v) is 5.81. The maximum atomic E-state index is 13.6. The van der Waals surface area contributed by atoms with Gasteiger partial charge in [0.2, 0.25) is 0 Å². The third-order valence-electron chi connectivity index (χ3n) is 3.61. The second kappa shape index (κ2) is 5.54. The maximum absolute atomic E-state index is 13.6. The minimum Gasteiger partial charge on any atom is -0.315 e. The van der Waals surface area contributed by atoms with Crippen LogP contribution in [0.5, 0.6) is 0 Å². The fourth-order valence-corrected chi connectivity index (χ4v) is 2.60. The van der Waals surface area contributed by atoms with Gasteiger partial charge in [-0.3, -0.25) is 0 Å². The van der Waals surface area contributed by atoms with E-state index < -0.39 is 32.3 Å². The van der Waals surface area contributed by atoms with Gasteiger partial charge in [0.15, 0.2) is 9.84 Å². The van der Waals surface area contributed by atoms with E-state index in [1.54, 1.807) is 20.9 Å². The zero-order valence-corrected chi connectivity index (χ0v) is 12.3. The monoisotopic (exact) mass is 291 g/mol. The van der Waals surface area contributed by atoms with Gasteiger partial charge in [0.05, 0.1) is 4.75 Å². The number of benzene rings is 1. The number of halogens is 2. The van der Waals surface area contributed by atoms with Crippen LogP contribution >= 0.6 is 0 Å². The van der Waals surface area contributed by atoms with E-state index in [4.69, 9.17) is 0 Å². The standard InChI is InChI=1S/C13H19F2NO2S/c1-13(2,19(4,17)18)12(16-3)8-9-10(14)6-5-7-11(9)15/h5-7,12,16H,8H2,1-4H3. The van der Waals surface area contributed by atoms with Gasteiger partial charge in [-0.25, -0.2) is 17.2 Å². The van der Waals surface area contributed by atoms with Crippen LogP contribution in [-0.4, -0.2) is 32.5 Å². The first-order chi connectivity index (χ1) is 8.61. The average Bonchev–Trinajstić information content (AvgIpc) is 2.26. The molecule has 1 aromatic rings. The minimum absolute atomic E-state index is 0.0327. The summed E-state index contributed by atoms with van der Waals surface area (Å²) in [5.74, 6) is -1.32. The van der Waals surface area contributed by atoms with Crippen molar-refractivity contribution in [1.82, 2.24) is 5.32 Å². The summed E-state index contributed by atoms with van der Waals surface area (Å²) in [5.41, 5.74) is -0.0985. The molecule has 19 heavy (non-hydrogen) atoms. The van der Waals surface area contributed by atoms with Crippen LogP contribution in [0.25, 0.3) is 0 Å². The van der Waals surface area contributed by atoms with Crippen LogP contribution < -0.4 is 5.32 Å². The van der Waals surface area contributed by atoms with Crippen molar-refractivity contribution >= 4 is 9.84 Å². The summed E-state index contributed by atoms with van der Waals surface area (Å²) >= 11 is 0. The molecule has 1 rings (SSSR count). The van der Waals surface area contributed by atoms with Gasteiger partial charge < -0.3 is 5.32 Å². The SMILES string of the molecule is CNC(Cc1c(F)cccc1F)C(C)(C)S(C)(=O)=O. The molecule has 0 aliphatic carbocycles. The predicted molar refractivity (Wildman–Crippen MR) is 71.8 cm³/mol. The summed E-state index contributed by atoms with van der Waals surface area (Å²) < 4.78 is 49.7. The number of sulfone groups is 1. The van der Waals surface area contributed by atoms with Gasteiger partial charge in [0, 0.05) is 17.9 Å². The van der Waals surface area contributed by atoms with Crippen LogP contribution in [0, 0.1) is 11.6 Å². The lowest BCUT2D eigenvalue weighted by molar-refractivity contribution is 0.417. The number of nitrogens with one attached hydrogen (secondary N) is 1. The molecule has 1 unspecified atom stereocenters. The van der Waals surface area contributed by atoms with E-state index in [0.717, 1.165) is 6.26 Å². The van der Waals surface area contributed by atoms with Crippen LogP contribution in [0.1, 0.15) is 19.4 Å². The number of hydrogen-bond donors (Lipinski definition) is 1. The maximum Gasteiger partial charge on any atom is 0.154 e. The van der Waals surface area contributed by atoms with Gasteiger partial charge in [0.25, 0.3) is 0 Å². The second-order valence-corrected chi connectivity index (χ2v) is 7.72. The fourth-order valence-electron chi connectivity index (χ4n) is 1.89. The highest BCUT2D eigenvalue weighted by Crippen LogP contribution is 2.25. The molecule has 1 N–H and O–H groups in total. The van der Waals surface area contributed by atoms with Gasteiger partial charge in [-0.2, -0.15) is 0 Å². The Balaban J connectivity index is 3.15. The number of likely N-dealkylation sites (N-methyl/N-ethyl adjacent to an activating group) is 1. The Hall–Kier alpha value is -1.01. The van der Waals surface area contributed by atoms with Crippen LogP contribution in [0.15, 0.2) is 18.2 Å². The lowest BCUT2D eigenvalue weighted by atomic mass is 9.95. The second-order valence-electron chi connectivity index (χ2n) is 5.12. The van der Waals surface area contributed by atoms with E-state index in [1.807, 2.05) is 0 Å². The first kappa shape index (κ1) is 16.0. The van der Waals surface area contributed by atoms with E-state index in [0.29, 0.717) is 0 Å². The van der Waals surface area contributed by atoms with E-state index >= 15 is 0 Å². The van der Waals surface area contributed by atoms with Crippen molar-refractivity contribution in [2.75, 3.05) is 13.3 Å². The molecule has 0 aliphatic heterocycles. The van der Waals surface area contributed by atoms with Crippen molar-refractivity contribution in [1.29, 1.82) is 0 Å². The van der Waals surface area contributed by atoms with Crippen LogP contribution in [0.3, 0.4) is 0 Å². The van der Waals surface area contributed by atoms with E-state index in [2.05, 4.69) is 5.32 Å². The molecule has 0 aromatic heterocycles. The van der Waals surface area contributed by atoms with Crippen molar-refractivity contribution in [3.8, 4) is 0 Å². The summed E-state index contributed by atoms with van der Waals surface area (Å²) in [6, 6.07) is 3.02. The third kappa shape index (κ3) is 3.30. The Morgan fingerprint density at radius 1 is 1.26 bits per heavy atom. The van der Waals surface area contributed by atoms with Crippen molar-refractivity contribution in [2.24, 2.45) is 0 Å². The van der Waals surface area contributed by atoms with Gasteiger partial charge in [-0.15, -0.1) is 0 Å². The van der Waals surface area contributed by atoms with Gasteiger partial charge in [0.1, 0.15) is 11.6 Å². The Labute approximate surface area is 112 Å². The Morgan fingerprint density at radius 3 is 2.11 bits per heavy atom. The molecular formula is C13H19F2NO2S. The molecule has 0 aliphatic rings. The molecule has 0 bridgehead atoms. The summed E-state index contributed by atoms with van der Waals surface area (Å²) in [6.07, 6.45) is 1.09. The van der Waals surface area contributed by atoms with Crippen molar-refractivity contribution in [3.63, 3.8) is 0 Å². The predicted octanol–water partition coefficient (Wildman–Crippen LogP) is 1.92. The van der Waals surface area contributed by atoms with Crippen LogP contribution in [-0.2, 0) is 16.3 Å². The molecule has 108 valence electrons. The smallest absolute Gasteiger partial charge is 0.154 e. The van der Waals surface area contributed by atoms with Gasteiger partial charge in [-0.1, -0.05) is 6.07 Å². The lowest BCUT2D eigenvalue weighted by Crippen LogP contribution is -2.51. The van der Waals surface area contributed by atoms with Crippen molar-refractivity contribution < 1.29 is 17.2 Å². The van der Waals surface area contributed by atoms with Crippen LogP contribution in [0.2, 0.25) is 0 Å². The summed E-state index contributed by atoms with van der Waals surface area (Å²) in [7, 11) is -1.79. The summed E-state index contributed by atoms with van der Waals surface area (Å²) in [5, 5.41) is 2.84. The van der Waals surface area contributed by atoms with Crippen molar-refractivity contribution in [3.05, 3.63) is 35.4 Å². The minimum atomic E-state index is -3.37. The molecule has 0 fully saturated rings. The topological polar surface area (TPSA) is 46.2 Å². The molecule has 6 heteroatoms. The first-order valence-electron chi connectivity index (χ1n) is 5.91. The molecule has 0 amide bonds. The first-order valence-corrected chi connectivity index (χ1v) is 7.80. The summed E-state index contributed by atoms with van der Waals surface area (Å²) in [6.45, 7) is 3.09. The Kier molecular flexibility index (Phi) is 4.68. The molecular weight excluding hydrogens is 272 g/mol. The van der Waals surface area contributed by atoms with E-state index in [-0.39, 0.29) is 12.0 Å². The number of rotatable bonds is 5. The zero-order chi connectivity index (χ0) is 14.8. The molecule has 0 saturated heterocycles. The largest absolute Gasteiger partial charge is 0.315 e. The van der Waals surface area contributed by atoms with Crippen molar-refractivity contribution in [2.45, 2.75) is 31.1 Å². The van der Waals surface area contributed by atoms with E-state index in [1.165, 1.54) is 18.2 Å². The number of hydrogen-bond acceptors (Lipinski definition) is 3. The molecule has 1 atom stereocenters. The lowest BCUT2D eigenvalue weighted by Gasteiger charge is -2.32. The van der Waals surface area contributed by atoms with Gasteiger partial charge >= 0.3 is 0 Å². The van der Waals surface area contributed by atoms with Gasteiger partial charge in [-0.05, 0) is 39.4 Å². The Bertz CT molecular complexity index is 536. The quantitative estimate of drug-likeness (QED) is 0.901. The zero-order valence-electron chi connectivity index (χ0n) is 11.5. The summed E-state index contributed by atoms with van der Waals surface area (Å²) in [4.78, 5) is 0. The molecule has 0 radical (unpaired) electrons. The van der Waals surface area contributed by atoms with E-state index in [9.17, 15) is 17.2 Å². The molecule has 0 heterocycles.